The van der Waals surface area contributed by atoms with Crippen LogP contribution in [0, 0.1) is 12.8 Å². The van der Waals surface area contributed by atoms with Gasteiger partial charge in [0.25, 0.3) is 0 Å². The van der Waals surface area contributed by atoms with Gasteiger partial charge in [0.15, 0.2) is 0 Å². The molecule has 0 bridgehead atoms. The number of fused-ring (bicyclic) bond motifs is 2. The molecule has 0 atom stereocenters. The molecule has 1 amide bonds. The molecular weight excluding hydrogens is 520 g/mol. The van der Waals surface area contributed by atoms with Crippen LogP contribution < -0.4 is 10.6 Å². The van der Waals surface area contributed by atoms with Crippen LogP contribution in [0.25, 0.3) is 55.0 Å². The third kappa shape index (κ3) is 4.76. The molecule has 200 valence electrons. The number of nitrogens with zero attached hydrogens (tertiary/aromatic N) is 4. The van der Waals surface area contributed by atoms with Crippen molar-refractivity contribution in [2.24, 2.45) is 5.92 Å². The fraction of sp³-hybridized carbons (Fsp3) is 0.233. The van der Waals surface area contributed by atoms with Gasteiger partial charge >= 0.3 is 0 Å². The van der Waals surface area contributed by atoms with Crippen LogP contribution in [0.3, 0.4) is 0 Å². The number of amides is 1. The Balaban J connectivity index is 1.19. The van der Waals surface area contributed by atoms with E-state index in [2.05, 4.69) is 72.0 Å². The van der Waals surface area contributed by atoms with Crippen molar-refractivity contribution in [3.8, 4) is 33.1 Å². The lowest BCUT2D eigenvalue weighted by Gasteiger charge is -2.21. The first kappa shape index (κ1) is 24.6. The Bertz CT molecular complexity index is 1850. The summed E-state index contributed by atoms with van der Waals surface area (Å²) in [6, 6.07) is 12.4. The van der Waals surface area contributed by atoms with E-state index in [9.17, 15) is 4.79 Å². The van der Waals surface area contributed by atoms with Crippen LogP contribution in [0.5, 0.6) is 0 Å². The van der Waals surface area contributed by atoms with E-state index >= 15 is 0 Å². The molecule has 40 heavy (non-hydrogen) atoms. The Kier molecular flexibility index (Phi) is 6.33. The largest absolute Gasteiger partial charge is 0.338 e. The first-order valence-electron chi connectivity index (χ1n) is 13.5. The van der Waals surface area contributed by atoms with Gasteiger partial charge in [0.1, 0.15) is 11.3 Å². The molecule has 6 aromatic rings. The van der Waals surface area contributed by atoms with Gasteiger partial charge in [-0.3, -0.25) is 19.9 Å². The molecule has 1 aliphatic heterocycles. The van der Waals surface area contributed by atoms with E-state index in [0.29, 0.717) is 18.0 Å². The zero-order chi connectivity index (χ0) is 27.1. The van der Waals surface area contributed by atoms with E-state index in [1.54, 1.807) is 29.9 Å². The van der Waals surface area contributed by atoms with Gasteiger partial charge in [0.2, 0.25) is 5.91 Å². The molecule has 0 aromatic carbocycles. The standard InChI is InChI=1S/C30H28N8OS/c1-17-2-3-27(40-17)21-6-9-33-30-22(21)12-25(36-30)29-23-13-24(34-16-26(23)37-38-29)19-11-20(15-32-14-19)35-28(39)10-18-4-7-31-8-5-18/h2-3,6,9,11-16,18,31H,4-5,7-8,10H2,1H3,(H,33,36)(H,35,39)(H,37,38). The molecule has 10 heteroatoms. The number of pyridine rings is 3. The first-order chi connectivity index (χ1) is 19.6. The number of hydrogen-bond donors (Lipinski definition) is 4. The van der Waals surface area contributed by atoms with E-state index in [-0.39, 0.29) is 5.91 Å². The number of carbonyl (C=O) groups is 1. The van der Waals surface area contributed by atoms with Crippen molar-refractivity contribution in [3.05, 3.63) is 66.1 Å². The van der Waals surface area contributed by atoms with Gasteiger partial charge < -0.3 is 15.6 Å². The summed E-state index contributed by atoms with van der Waals surface area (Å²) < 4.78 is 0. The highest BCUT2D eigenvalue weighted by Crippen LogP contribution is 2.36. The number of H-pyrrole nitrogens is 2. The number of carbonyl (C=O) groups excluding carboxylic acids is 1. The monoisotopic (exact) mass is 548 g/mol. The zero-order valence-corrected chi connectivity index (χ0v) is 22.8. The number of thiophene rings is 1. The molecule has 0 aliphatic carbocycles. The fourth-order valence-electron chi connectivity index (χ4n) is 5.44. The van der Waals surface area contributed by atoms with E-state index < -0.39 is 0 Å². The van der Waals surface area contributed by atoms with E-state index in [4.69, 9.17) is 0 Å². The zero-order valence-electron chi connectivity index (χ0n) is 22.0. The van der Waals surface area contributed by atoms with Gasteiger partial charge in [0.05, 0.1) is 35.0 Å². The summed E-state index contributed by atoms with van der Waals surface area (Å²) >= 11 is 1.77. The second kappa shape index (κ2) is 10.3. The molecule has 0 radical (unpaired) electrons. The van der Waals surface area contributed by atoms with Crippen molar-refractivity contribution < 1.29 is 4.79 Å². The van der Waals surface area contributed by atoms with E-state index in [1.807, 2.05) is 18.3 Å². The van der Waals surface area contributed by atoms with Crippen LogP contribution in [0.15, 0.2) is 61.2 Å². The minimum Gasteiger partial charge on any atom is -0.338 e. The molecule has 1 saturated heterocycles. The molecule has 9 nitrogen and oxygen atoms in total. The van der Waals surface area contributed by atoms with Crippen LogP contribution in [-0.2, 0) is 4.79 Å². The summed E-state index contributed by atoms with van der Waals surface area (Å²) in [5, 5.41) is 16.1. The molecule has 1 aliphatic rings. The van der Waals surface area contributed by atoms with Crippen molar-refractivity contribution in [1.82, 2.24) is 35.5 Å². The summed E-state index contributed by atoms with van der Waals surface area (Å²) in [6.07, 6.45) is 9.65. The fourth-order valence-corrected chi connectivity index (χ4v) is 6.34. The van der Waals surface area contributed by atoms with Crippen LogP contribution in [0.2, 0.25) is 0 Å². The highest BCUT2D eigenvalue weighted by Gasteiger charge is 2.18. The second-order valence-electron chi connectivity index (χ2n) is 10.3. The van der Waals surface area contributed by atoms with Gasteiger partial charge in [-0.25, -0.2) is 4.98 Å². The molecular formula is C30H28N8OS. The molecule has 7 heterocycles. The molecule has 0 spiro atoms. The molecule has 7 rings (SSSR count). The van der Waals surface area contributed by atoms with Gasteiger partial charge in [-0.1, -0.05) is 0 Å². The van der Waals surface area contributed by atoms with Crippen molar-refractivity contribution in [2.75, 3.05) is 18.4 Å². The average molecular weight is 549 g/mol. The Morgan fingerprint density at radius 1 is 1.05 bits per heavy atom. The number of hydrogen-bond acceptors (Lipinski definition) is 7. The minimum absolute atomic E-state index is 0.0240. The smallest absolute Gasteiger partial charge is 0.224 e. The topological polar surface area (TPSA) is 124 Å². The Morgan fingerprint density at radius 3 is 2.80 bits per heavy atom. The Labute approximate surface area is 234 Å². The van der Waals surface area contributed by atoms with Gasteiger partial charge in [-0.05, 0) is 75.2 Å². The van der Waals surface area contributed by atoms with Crippen LogP contribution >= 0.6 is 11.3 Å². The number of rotatable bonds is 6. The summed E-state index contributed by atoms with van der Waals surface area (Å²) in [6.45, 7) is 4.07. The molecule has 4 N–H and O–H groups in total. The van der Waals surface area contributed by atoms with Crippen LogP contribution in [0.1, 0.15) is 24.1 Å². The maximum atomic E-state index is 12.7. The van der Waals surface area contributed by atoms with E-state index in [1.165, 1.54) is 9.75 Å². The summed E-state index contributed by atoms with van der Waals surface area (Å²) in [5.74, 6) is 0.446. The number of piperidine rings is 1. The number of aromatic nitrogens is 6. The number of nitrogens with one attached hydrogen (secondary N) is 4. The second-order valence-corrected chi connectivity index (χ2v) is 11.6. The highest BCUT2D eigenvalue weighted by molar-refractivity contribution is 7.15. The maximum Gasteiger partial charge on any atom is 0.224 e. The average Bonchev–Trinajstić information content (AvgIpc) is 3.71. The Morgan fingerprint density at radius 2 is 1.95 bits per heavy atom. The number of aryl methyl sites for hydroxylation is 1. The molecule has 0 saturated carbocycles. The highest BCUT2D eigenvalue weighted by atomic mass is 32.1. The van der Waals surface area contributed by atoms with Gasteiger partial charge in [-0.2, -0.15) is 5.10 Å². The molecule has 6 aromatic heterocycles. The van der Waals surface area contributed by atoms with Gasteiger partial charge in [-0.15, -0.1) is 11.3 Å². The van der Waals surface area contributed by atoms with Crippen molar-refractivity contribution in [1.29, 1.82) is 0 Å². The van der Waals surface area contributed by atoms with Crippen LogP contribution in [-0.4, -0.2) is 49.1 Å². The summed E-state index contributed by atoms with van der Waals surface area (Å²) in [5.41, 5.74) is 6.72. The third-order valence-electron chi connectivity index (χ3n) is 7.49. The quantitative estimate of drug-likeness (QED) is 0.205. The van der Waals surface area contributed by atoms with Crippen molar-refractivity contribution >= 4 is 44.9 Å². The van der Waals surface area contributed by atoms with E-state index in [0.717, 1.165) is 76.1 Å². The minimum atomic E-state index is 0.0240. The molecule has 0 unspecified atom stereocenters. The predicted octanol–water partition coefficient (Wildman–Crippen LogP) is 5.93. The van der Waals surface area contributed by atoms with Crippen molar-refractivity contribution in [2.45, 2.75) is 26.2 Å². The number of anilines is 1. The lowest BCUT2D eigenvalue weighted by atomic mass is 9.94. The summed E-state index contributed by atoms with van der Waals surface area (Å²) in [7, 11) is 0. The Hall–Kier alpha value is -4.41. The maximum absolute atomic E-state index is 12.7. The number of aromatic amines is 2. The predicted molar refractivity (Wildman–Crippen MR) is 159 cm³/mol. The third-order valence-corrected chi connectivity index (χ3v) is 8.52. The van der Waals surface area contributed by atoms with Crippen LogP contribution in [0.4, 0.5) is 5.69 Å². The van der Waals surface area contributed by atoms with Crippen molar-refractivity contribution in [3.63, 3.8) is 0 Å². The first-order valence-corrected chi connectivity index (χ1v) is 14.3. The molecule has 1 fully saturated rings. The lowest BCUT2D eigenvalue weighted by molar-refractivity contribution is -0.117. The van der Waals surface area contributed by atoms with Gasteiger partial charge in [0, 0.05) is 50.5 Å². The lowest BCUT2D eigenvalue weighted by Crippen LogP contribution is -2.30. The normalized spacial score (nSPS) is 14.2. The SMILES string of the molecule is Cc1ccc(-c2ccnc3[nH]c(-c4n[nH]c5cnc(-c6cncc(NC(=O)CC7CCNCC7)c6)cc45)cc23)s1. The summed E-state index contributed by atoms with van der Waals surface area (Å²) in [4.78, 5) is 32.2.